The van der Waals surface area contributed by atoms with Gasteiger partial charge in [-0.1, -0.05) is 41.9 Å². The molecule has 2 aromatic carbocycles. The standard InChI is InChI=1S/C17H14BrClO3/c1-2-22-16-12(8-13(19)10-15(16)18)9-14(17(20)21)11-6-4-3-5-7-11/h3-10H,2H2,1H3,(H,20,21)/b14-9-. The molecular formula is C17H14BrClO3. The Morgan fingerprint density at radius 1 is 1.32 bits per heavy atom. The molecule has 0 unspecified atom stereocenters. The number of carboxylic acid groups (broad SMARTS) is 1. The molecule has 0 amide bonds. The van der Waals surface area contributed by atoms with E-state index in [1.54, 1.807) is 42.5 Å². The zero-order valence-corrected chi connectivity index (χ0v) is 14.2. The van der Waals surface area contributed by atoms with Gasteiger partial charge in [-0.2, -0.15) is 0 Å². The first-order valence-electron chi connectivity index (χ1n) is 6.65. The molecule has 1 N–H and O–H groups in total. The summed E-state index contributed by atoms with van der Waals surface area (Å²) in [4.78, 5) is 11.6. The number of hydrogen-bond acceptors (Lipinski definition) is 2. The third-order valence-electron chi connectivity index (χ3n) is 2.94. The van der Waals surface area contributed by atoms with Crippen LogP contribution in [-0.4, -0.2) is 17.7 Å². The minimum Gasteiger partial charge on any atom is -0.492 e. The number of carbonyl (C=O) groups is 1. The van der Waals surface area contributed by atoms with E-state index < -0.39 is 5.97 Å². The summed E-state index contributed by atoms with van der Waals surface area (Å²) in [6, 6.07) is 12.3. The predicted octanol–water partition coefficient (Wildman–Crippen LogP) is 5.13. The molecule has 0 saturated heterocycles. The van der Waals surface area contributed by atoms with Gasteiger partial charge in [-0.15, -0.1) is 0 Å². The maximum Gasteiger partial charge on any atom is 0.336 e. The monoisotopic (exact) mass is 380 g/mol. The summed E-state index contributed by atoms with van der Waals surface area (Å²) in [5.41, 5.74) is 1.41. The molecule has 0 atom stereocenters. The fourth-order valence-corrected chi connectivity index (χ4v) is 2.97. The van der Waals surface area contributed by atoms with Gasteiger partial charge in [0.1, 0.15) is 5.75 Å². The zero-order valence-electron chi connectivity index (χ0n) is 11.8. The van der Waals surface area contributed by atoms with Crippen molar-refractivity contribution in [1.82, 2.24) is 0 Å². The van der Waals surface area contributed by atoms with E-state index in [-0.39, 0.29) is 5.57 Å². The molecule has 2 aromatic rings. The Kier molecular flexibility index (Phi) is 5.63. The second-order valence-electron chi connectivity index (χ2n) is 4.47. The Morgan fingerprint density at radius 3 is 2.59 bits per heavy atom. The van der Waals surface area contributed by atoms with Gasteiger partial charge in [0.2, 0.25) is 0 Å². The molecule has 0 aliphatic carbocycles. The van der Waals surface area contributed by atoms with Crippen LogP contribution < -0.4 is 4.74 Å². The molecule has 5 heteroatoms. The van der Waals surface area contributed by atoms with Gasteiger partial charge in [-0.05, 0) is 46.6 Å². The van der Waals surface area contributed by atoms with Crippen molar-refractivity contribution in [1.29, 1.82) is 0 Å². The van der Waals surface area contributed by atoms with Crippen LogP contribution in [0.2, 0.25) is 5.02 Å². The summed E-state index contributed by atoms with van der Waals surface area (Å²) in [5, 5.41) is 9.99. The summed E-state index contributed by atoms with van der Waals surface area (Å²) >= 11 is 9.47. The van der Waals surface area contributed by atoms with Gasteiger partial charge in [-0.25, -0.2) is 4.79 Å². The molecule has 3 nitrogen and oxygen atoms in total. The molecule has 0 heterocycles. The molecule has 0 aliphatic heterocycles. The van der Waals surface area contributed by atoms with Gasteiger partial charge < -0.3 is 9.84 Å². The highest BCUT2D eigenvalue weighted by atomic mass is 79.9. The summed E-state index contributed by atoms with van der Waals surface area (Å²) in [6.45, 7) is 2.33. The average Bonchev–Trinajstić information content (AvgIpc) is 2.48. The van der Waals surface area contributed by atoms with Crippen LogP contribution in [0.5, 0.6) is 5.75 Å². The second-order valence-corrected chi connectivity index (χ2v) is 5.76. The average molecular weight is 382 g/mol. The molecule has 0 radical (unpaired) electrons. The van der Waals surface area contributed by atoms with Crippen molar-refractivity contribution in [3.05, 3.63) is 63.1 Å². The van der Waals surface area contributed by atoms with E-state index in [1.165, 1.54) is 0 Å². The lowest BCUT2D eigenvalue weighted by Gasteiger charge is -2.11. The number of halogens is 2. The molecule has 0 saturated carbocycles. The van der Waals surface area contributed by atoms with Gasteiger partial charge in [0.05, 0.1) is 16.7 Å². The fraction of sp³-hybridized carbons (Fsp3) is 0.118. The Hall–Kier alpha value is -1.78. The maximum absolute atomic E-state index is 11.6. The highest BCUT2D eigenvalue weighted by Gasteiger charge is 2.14. The van der Waals surface area contributed by atoms with Crippen molar-refractivity contribution in [2.75, 3.05) is 6.61 Å². The quantitative estimate of drug-likeness (QED) is 0.577. The number of benzene rings is 2. The molecular weight excluding hydrogens is 368 g/mol. The second kappa shape index (κ2) is 7.47. The van der Waals surface area contributed by atoms with Crippen LogP contribution in [0.4, 0.5) is 0 Å². The highest BCUT2D eigenvalue weighted by molar-refractivity contribution is 9.10. The number of hydrogen-bond donors (Lipinski definition) is 1. The van der Waals surface area contributed by atoms with E-state index >= 15 is 0 Å². The van der Waals surface area contributed by atoms with Crippen molar-refractivity contribution >= 4 is 45.1 Å². The van der Waals surface area contributed by atoms with Crippen molar-refractivity contribution in [2.24, 2.45) is 0 Å². The third kappa shape index (κ3) is 3.90. The Balaban J connectivity index is 2.60. The number of carboxylic acids is 1. The fourth-order valence-electron chi connectivity index (χ4n) is 2.03. The summed E-state index contributed by atoms with van der Waals surface area (Å²) in [5.74, 6) is -0.439. The molecule has 0 spiro atoms. The van der Waals surface area contributed by atoms with Gasteiger partial charge in [0.15, 0.2) is 0 Å². The number of aliphatic carboxylic acids is 1. The smallest absolute Gasteiger partial charge is 0.336 e. The molecule has 114 valence electrons. The van der Waals surface area contributed by atoms with Crippen molar-refractivity contribution < 1.29 is 14.6 Å². The van der Waals surface area contributed by atoms with Crippen molar-refractivity contribution in [3.63, 3.8) is 0 Å². The van der Waals surface area contributed by atoms with Crippen LogP contribution in [0.25, 0.3) is 11.6 Å². The minimum atomic E-state index is -1.01. The topological polar surface area (TPSA) is 46.5 Å². The van der Waals surface area contributed by atoms with E-state index in [1.807, 2.05) is 13.0 Å². The minimum absolute atomic E-state index is 0.177. The number of rotatable bonds is 5. The van der Waals surface area contributed by atoms with E-state index in [0.29, 0.717) is 33.0 Å². The van der Waals surface area contributed by atoms with Crippen molar-refractivity contribution in [2.45, 2.75) is 6.92 Å². The molecule has 0 aromatic heterocycles. The molecule has 22 heavy (non-hydrogen) atoms. The van der Waals surface area contributed by atoms with Crippen LogP contribution >= 0.6 is 27.5 Å². The summed E-state index contributed by atoms with van der Waals surface area (Å²) < 4.78 is 6.28. The SMILES string of the molecule is CCOc1c(Br)cc(Cl)cc1/C=C(\C(=O)O)c1ccccc1. The first-order chi connectivity index (χ1) is 10.5. The van der Waals surface area contributed by atoms with Crippen LogP contribution in [0.1, 0.15) is 18.1 Å². The van der Waals surface area contributed by atoms with Gasteiger partial charge in [-0.3, -0.25) is 0 Å². The zero-order chi connectivity index (χ0) is 16.1. The highest BCUT2D eigenvalue weighted by Crippen LogP contribution is 2.35. The Bertz CT molecular complexity index is 711. The van der Waals surface area contributed by atoms with E-state index in [4.69, 9.17) is 16.3 Å². The third-order valence-corrected chi connectivity index (χ3v) is 3.75. The van der Waals surface area contributed by atoms with Crippen LogP contribution in [0.3, 0.4) is 0 Å². The largest absolute Gasteiger partial charge is 0.492 e. The summed E-state index contributed by atoms with van der Waals surface area (Å²) in [6.07, 6.45) is 1.57. The Morgan fingerprint density at radius 2 is 2.00 bits per heavy atom. The van der Waals surface area contributed by atoms with Gasteiger partial charge >= 0.3 is 5.97 Å². The molecule has 0 fully saturated rings. The lowest BCUT2D eigenvalue weighted by Crippen LogP contribution is -2.01. The van der Waals surface area contributed by atoms with Crippen molar-refractivity contribution in [3.8, 4) is 5.75 Å². The van der Waals surface area contributed by atoms with Crippen LogP contribution in [0, 0.1) is 0 Å². The lowest BCUT2D eigenvalue weighted by molar-refractivity contribution is -0.130. The van der Waals surface area contributed by atoms with Gasteiger partial charge in [0.25, 0.3) is 0 Å². The van der Waals surface area contributed by atoms with Crippen LogP contribution in [0.15, 0.2) is 46.9 Å². The number of ether oxygens (including phenoxy) is 1. The summed E-state index contributed by atoms with van der Waals surface area (Å²) in [7, 11) is 0. The molecule has 0 bridgehead atoms. The van der Waals surface area contributed by atoms with E-state index in [0.717, 1.165) is 0 Å². The van der Waals surface area contributed by atoms with Crippen LogP contribution in [-0.2, 0) is 4.79 Å². The first kappa shape index (κ1) is 16.6. The molecule has 2 rings (SSSR count). The predicted molar refractivity (Wildman–Crippen MR) is 92.3 cm³/mol. The maximum atomic E-state index is 11.6. The lowest BCUT2D eigenvalue weighted by atomic mass is 10.0. The normalized spacial score (nSPS) is 11.3. The first-order valence-corrected chi connectivity index (χ1v) is 7.82. The van der Waals surface area contributed by atoms with Gasteiger partial charge in [0, 0.05) is 10.6 Å². The van der Waals surface area contributed by atoms with E-state index in [9.17, 15) is 9.90 Å². The Labute approximate surface area is 142 Å². The van der Waals surface area contributed by atoms with E-state index in [2.05, 4.69) is 15.9 Å². The molecule has 0 aliphatic rings.